The van der Waals surface area contributed by atoms with E-state index in [1.807, 2.05) is 12.1 Å². The van der Waals surface area contributed by atoms with Gasteiger partial charge in [0.05, 0.1) is 6.61 Å². The highest BCUT2D eigenvalue weighted by molar-refractivity contribution is 6.20. The highest BCUT2D eigenvalue weighted by Gasteiger charge is 2.39. The summed E-state index contributed by atoms with van der Waals surface area (Å²) >= 11 is 6.54. The number of rotatable bonds is 25. The molecule has 43 heavy (non-hydrogen) atoms. The molecule has 1 heterocycles. The normalized spacial score (nSPS) is 21.3. The van der Waals surface area contributed by atoms with Gasteiger partial charge in [0.15, 0.2) is 0 Å². The molecule has 1 fully saturated rings. The van der Waals surface area contributed by atoms with E-state index in [0.717, 1.165) is 56.9 Å². The molecule has 0 saturated carbocycles. The van der Waals surface area contributed by atoms with Crippen molar-refractivity contribution in [1.82, 2.24) is 0 Å². The molecule has 1 aromatic rings. The van der Waals surface area contributed by atoms with E-state index in [2.05, 4.69) is 13.8 Å². The molecule has 1 saturated heterocycles. The van der Waals surface area contributed by atoms with Crippen molar-refractivity contribution in [1.29, 1.82) is 0 Å². The zero-order valence-corrected chi connectivity index (χ0v) is 28.0. The maximum absolute atomic E-state index is 11.0. The first-order valence-electron chi connectivity index (χ1n) is 17.7. The smallest absolute Gasteiger partial charge is 0.228 e. The predicted octanol–water partition coefficient (Wildman–Crippen LogP) is 8.74. The quantitative estimate of drug-likeness (QED) is 0.0640. The number of halogens is 1. The van der Waals surface area contributed by atoms with Crippen LogP contribution in [0, 0.1) is 0 Å². The second-order valence-electron chi connectivity index (χ2n) is 12.8. The maximum Gasteiger partial charge on any atom is 0.228 e. The molecule has 5 atom stereocenters. The van der Waals surface area contributed by atoms with Crippen molar-refractivity contribution in [3.05, 3.63) is 23.3 Å². The molecule has 6 nitrogen and oxygen atoms in total. The van der Waals surface area contributed by atoms with Crippen molar-refractivity contribution in [3.63, 3.8) is 0 Å². The van der Waals surface area contributed by atoms with Gasteiger partial charge >= 0.3 is 0 Å². The Morgan fingerprint density at radius 3 is 1.84 bits per heavy atom. The monoisotopic (exact) mass is 626 g/mol. The highest BCUT2D eigenvalue weighted by atomic mass is 35.5. The zero-order chi connectivity index (χ0) is 31.3. The van der Waals surface area contributed by atoms with Gasteiger partial charge in [-0.15, -0.1) is 11.6 Å². The van der Waals surface area contributed by atoms with Crippen molar-refractivity contribution in [2.75, 3.05) is 6.61 Å². The maximum atomic E-state index is 11.0. The van der Waals surface area contributed by atoms with Gasteiger partial charge in [-0.1, -0.05) is 117 Å². The summed E-state index contributed by atoms with van der Waals surface area (Å²) in [5.74, 6) is 0.685. The first-order valence-corrected chi connectivity index (χ1v) is 18.1. The lowest BCUT2D eigenvalue weighted by Gasteiger charge is -2.35. The average Bonchev–Trinajstić information content (AvgIpc) is 2.99. The number of phenolic OH excluding ortho intramolecular Hbond substituents is 1. The first kappa shape index (κ1) is 38.1. The number of benzene rings is 1. The van der Waals surface area contributed by atoms with E-state index in [9.17, 15) is 20.4 Å². The molecule has 2 rings (SSSR count). The van der Waals surface area contributed by atoms with Crippen LogP contribution in [0.5, 0.6) is 11.5 Å². The summed E-state index contributed by atoms with van der Waals surface area (Å²) < 4.78 is 11.6. The number of aryl methyl sites for hydroxylation is 1. The number of phenols is 1. The van der Waals surface area contributed by atoms with Crippen LogP contribution in [-0.4, -0.2) is 57.0 Å². The predicted molar refractivity (Wildman–Crippen MR) is 177 cm³/mol. The molecular formula is C36H63ClO6. The van der Waals surface area contributed by atoms with Gasteiger partial charge in [0, 0.05) is 10.9 Å². The number of ether oxygens (including phenoxy) is 2. The number of aliphatic hydroxyl groups excluding tert-OH is 3. The van der Waals surface area contributed by atoms with Crippen molar-refractivity contribution in [2.45, 2.75) is 185 Å². The molecule has 0 unspecified atom stereocenters. The summed E-state index contributed by atoms with van der Waals surface area (Å²) in [5.41, 5.74) is 1.69. The molecule has 0 aliphatic carbocycles. The summed E-state index contributed by atoms with van der Waals surface area (Å²) in [6, 6.07) is 3.80. The molecule has 4 N–H and O–H groups in total. The molecule has 0 radical (unpaired) electrons. The number of alkyl halides is 1. The third-order valence-electron chi connectivity index (χ3n) is 8.83. The van der Waals surface area contributed by atoms with Crippen LogP contribution in [0.1, 0.15) is 153 Å². The van der Waals surface area contributed by atoms with Gasteiger partial charge in [0.1, 0.15) is 29.8 Å². The lowest BCUT2D eigenvalue weighted by atomic mass is 9.98. The third-order valence-corrected chi connectivity index (χ3v) is 9.26. The van der Waals surface area contributed by atoms with Crippen LogP contribution in [0.2, 0.25) is 0 Å². The van der Waals surface area contributed by atoms with Crippen molar-refractivity contribution >= 4 is 11.6 Å². The fourth-order valence-electron chi connectivity index (χ4n) is 5.97. The Morgan fingerprint density at radius 1 is 0.721 bits per heavy atom. The molecule has 1 aromatic carbocycles. The van der Waals surface area contributed by atoms with Crippen LogP contribution < -0.4 is 4.74 Å². The second-order valence-corrected chi connectivity index (χ2v) is 13.4. The minimum Gasteiger partial charge on any atom is -0.508 e. The van der Waals surface area contributed by atoms with Gasteiger partial charge < -0.3 is 29.9 Å². The number of unbranched alkanes of at least 4 members (excludes halogenated alkanes) is 15. The molecule has 0 spiro atoms. The van der Waals surface area contributed by atoms with Crippen molar-refractivity contribution < 1.29 is 29.9 Å². The molecule has 1 aliphatic heterocycles. The lowest BCUT2D eigenvalue weighted by molar-refractivity contribution is -0.242. The lowest BCUT2D eigenvalue weighted by Crippen LogP contribution is -2.54. The van der Waals surface area contributed by atoms with Crippen LogP contribution in [0.15, 0.2) is 12.1 Å². The number of hydrogen-bond acceptors (Lipinski definition) is 6. The standard InChI is InChI=1S/C36H63ClO6/c1-3-5-7-9-10-11-12-13-14-15-17-21-28-25-31(38)30(24-20-16-19-23-29(37)22-18-8-6-4-2)33(26-28)43-36-35(41)34(40)32(39)27-42-36/h25-26,29,32,34-36,38-41H,3-24,27H2,1-2H3/t29-,32+,34-,35+,36-/m0/s1. The fraction of sp³-hybridized carbons (Fsp3) is 0.833. The van der Waals surface area contributed by atoms with E-state index >= 15 is 0 Å². The van der Waals surface area contributed by atoms with Crippen molar-refractivity contribution in [2.24, 2.45) is 0 Å². The van der Waals surface area contributed by atoms with Crippen LogP contribution in [-0.2, 0) is 17.6 Å². The molecule has 7 heteroatoms. The van der Waals surface area contributed by atoms with Crippen LogP contribution in [0.3, 0.4) is 0 Å². The largest absolute Gasteiger partial charge is 0.508 e. The summed E-state index contributed by atoms with van der Waals surface area (Å²) in [5, 5.41) is 41.7. The molecule has 0 bridgehead atoms. The Hall–Kier alpha value is -1.05. The third kappa shape index (κ3) is 15.7. The van der Waals surface area contributed by atoms with E-state index in [1.165, 1.54) is 83.5 Å². The Bertz CT molecular complexity index is 836. The average molecular weight is 627 g/mol. The van der Waals surface area contributed by atoms with Gasteiger partial charge in [-0.2, -0.15) is 0 Å². The van der Waals surface area contributed by atoms with E-state index in [-0.39, 0.29) is 17.7 Å². The molecule has 0 amide bonds. The van der Waals surface area contributed by atoms with Gasteiger partial charge in [0.2, 0.25) is 6.29 Å². The van der Waals surface area contributed by atoms with E-state index in [4.69, 9.17) is 21.1 Å². The number of hydrogen-bond donors (Lipinski definition) is 4. The number of aromatic hydroxyl groups is 1. The first-order chi connectivity index (χ1) is 20.9. The van der Waals surface area contributed by atoms with Gasteiger partial charge in [-0.3, -0.25) is 0 Å². The second kappa shape index (κ2) is 23.3. The Labute approximate surface area is 267 Å². The summed E-state index contributed by atoms with van der Waals surface area (Å²) in [6.07, 6.45) is 20.6. The molecule has 1 aliphatic rings. The topological polar surface area (TPSA) is 99.4 Å². The van der Waals surface area contributed by atoms with Gasteiger partial charge in [0.25, 0.3) is 0 Å². The number of aliphatic hydroxyl groups is 3. The fourth-order valence-corrected chi connectivity index (χ4v) is 6.28. The Kier molecular flexibility index (Phi) is 20.7. The van der Waals surface area contributed by atoms with Crippen LogP contribution >= 0.6 is 11.6 Å². The van der Waals surface area contributed by atoms with Gasteiger partial charge in [-0.05, 0) is 56.2 Å². The van der Waals surface area contributed by atoms with E-state index < -0.39 is 24.6 Å². The minimum absolute atomic E-state index is 0.124. The van der Waals surface area contributed by atoms with Crippen molar-refractivity contribution in [3.8, 4) is 11.5 Å². The molecular weight excluding hydrogens is 564 g/mol. The van der Waals surface area contributed by atoms with E-state index in [0.29, 0.717) is 17.7 Å². The SMILES string of the molecule is CCCCCCCCCCCCCc1cc(O)c(CCCCC[C@@H](Cl)CCCCCC)c(O[C@@H]2OC[C@@H](O)[C@H](O)[C@H]2O)c1. The molecule has 250 valence electrons. The van der Waals surface area contributed by atoms with Gasteiger partial charge in [-0.25, -0.2) is 0 Å². The van der Waals surface area contributed by atoms with Crippen LogP contribution in [0.25, 0.3) is 0 Å². The summed E-state index contributed by atoms with van der Waals surface area (Å²) in [7, 11) is 0. The van der Waals surface area contributed by atoms with E-state index in [1.54, 1.807) is 0 Å². The minimum atomic E-state index is -1.38. The Morgan fingerprint density at radius 2 is 1.23 bits per heavy atom. The highest BCUT2D eigenvalue weighted by Crippen LogP contribution is 2.34. The van der Waals surface area contributed by atoms with Crippen LogP contribution in [0.4, 0.5) is 0 Å². The Balaban J connectivity index is 1.87. The summed E-state index contributed by atoms with van der Waals surface area (Å²) in [6.45, 7) is 4.35. The summed E-state index contributed by atoms with van der Waals surface area (Å²) in [4.78, 5) is 0. The molecule has 0 aromatic heterocycles. The zero-order valence-electron chi connectivity index (χ0n) is 27.3.